The van der Waals surface area contributed by atoms with Crippen molar-refractivity contribution >= 4 is 17.8 Å². The number of hydrogen-bond acceptors (Lipinski definition) is 9. The van der Waals surface area contributed by atoms with Gasteiger partial charge in [0.05, 0.1) is 7.11 Å². The molecule has 0 aliphatic rings. The molecule has 1 aromatic heterocycles. The van der Waals surface area contributed by atoms with Crippen molar-refractivity contribution in [3.8, 4) is 0 Å². The fourth-order valence-electron chi connectivity index (χ4n) is 0.977. The van der Waals surface area contributed by atoms with Crippen LogP contribution in [-0.2, 0) is 14.3 Å². The minimum Gasteiger partial charge on any atom is -0.364 e. The fraction of sp³-hybridized carbons (Fsp3) is 0.556. The molecule has 0 aliphatic carbocycles. The highest BCUT2D eigenvalue weighted by molar-refractivity contribution is 5.42. The number of hydroxylamine groups is 1. The highest BCUT2D eigenvalue weighted by Crippen LogP contribution is 2.12. The Labute approximate surface area is 105 Å². The van der Waals surface area contributed by atoms with Crippen molar-refractivity contribution < 1.29 is 14.3 Å². The van der Waals surface area contributed by atoms with Crippen molar-refractivity contribution in [1.82, 2.24) is 15.0 Å². The van der Waals surface area contributed by atoms with E-state index < -0.39 is 0 Å². The molecule has 0 aromatic carbocycles. The van der Waals surface area contributed by atoms with Crippen LogP contribution < -0.4 is 15.7 Å². The van der Waals surface area contributed by atoms with Crippen LogP contribution >= 0.6 is 0 Å². The van der Waals surface area contributed by atoms with E-state index in [0.29, 0.717) is 11.9 Å². The highest BCUT2D eigenvalue weighted by atomic mass is 16.7. The second-order valence-corrected chi connectivity index (χ2v) is 3.01. The summed E-state index contributed by atoms with van der Waals surface area (Å²) >= 11 is 0. The Kier molecular flexibility index (Phi) is 6.05. The maximum absolute atomic E-state index is 5.53. The van der Waals surface area contributed by atoms with E-state index in [1.807, 2.05) is 0 Å². The number of methoxy groups -OCH3 is 2. The second kappa shape index (κ2) is 7.58. The summed E-state index contributed by atoms with van der Waals surface area (Å²) in [5.74, 6) is 0.741. The molecular weight excluding hydrogens is 240 g/mol. The van der Waals surface area contributed by atoms with Gasteiger partial charge in [-0.15, -0.1) is 0 Å². The number of nitrogens with one attached hydrogen (secondary N) is 2. The van der Waals surface area contributed by atoms with Gasteiger partial charge in [0.15, 0.2) is 0 Å². The molecule has 0 bridgehead atoms. The Morgan fingerprint density at radius 1 is 1.00 bits per heavy atom. The van der Waals surface area contributed by atoms with E-state index in [1.165, 1.54) is 7.11 Å². The van der Waals surface area contributed by atoms with Crippen LogP contribution in [-0.4, -0.2) is 49.7 Å². The van der Waals surface area contributed by atoms with Crippen LogP contribution in [0.4, 0.5) is 17.8 Å². The zero-order chi connectivity index (χ0) is 13.4. The summed E-state index contributed by atoms with van der Waals surface area (Å²) in [6.45, 7) is 0.509. The topological polar surface area (TPSA) is 93.7 Å². The zero-order valence-corrected chi connectivity index (χ0v) is 10.5. The Balaban J connectivity index is 2.88. The molecule has 1 rings (SSSR count). The van der Waals surface area contributed by atoms with E-state index in [0.717, 1.165) is 5.06 Å². The van der Waals surface area contributed by atoms with Gasteiger partial charge in [-0.1, -0.05) is 0 Å². The lowest BCUT2D eigenvalue weighted by molar-refractivity contribution is 0.190. The highest BCUT2D eigenvalue weighted by Gasteiger charge is 2.10. The minimum atomic E-state index is 0.143. The van der Waals surface area contributed by atoms with Gasteiger partial charge < -0.3 is 20.1 Å². The van der Waals surface area contributed by atoms with Gasteiger partial charge in [0.25, 0.3) is 5.95 Å². The molecule has 1 heterocycles. The van der Waals surface area contributed by atoms with Crippen molar-refractivity contribution in [2.24, 2.45) is 0 Å². The summed E-state index contributed by atoms with van der Waals surface area (Å²) in [5.41, 5.74) is 0. The Morgan fingerprint density at radius 2 is 1.50 bits per heavy atom. The average molecular weight is 256 g/mol. The van der Waals surface area contributed by atoms with E-state index in [1.54, 1.807) is 14.2 Å². The molecule has 9 nitrogen and oxygen atoms in total. The third kappa shape index (κ3) is 4.28. The van der Waals surface area contributed by atoms with Crippen LogP contribution in [0.25, 0.3) is 0 Å². The molecule has 1 aromatic rings. The molecule has 0 saturated heterocycles. The number of anilines is 3. The smallest absolute Gasteiger partial charge is 0.256 e. The molecule has 0 saturated carbocycles. The molecular formula is C9H16N6O3. The van der Waals surface area contributed by atoms with Crippen molar-refractivity contribution in [1.29, 1.82) is 0 Å². The van der Waals surface area contributed by atoms with Crippen LogP contribution in [0.1, 0.15) is 0 Å². The van der Waals surface area contributed by atoms with Gasteiger partial charge in [-0.25, -0.2) is 5.06 Å². The first-order chi connectivity index (χ1) is 8.71. The molecule has 18 heavy (non-hydrogen) atoms. The van der Waals surface area contributed by atoms with E-state index in [4.69, 9.17) is 21.4 Å². The molecule has 2 radical (unpaired) electrons. The van der Waals surface area contributed by atoms with Crippen LogP contribution in [0.5, 0.6) is 0 Å². The van der Waals surface area contributed by atoms with Gasteiger partial charge in [-0.2, -0.15) is 15.0 Å². The lowest BCUT2D eigenvalue weighted by atomic mass is 10.8. The minimum absolute atomic E-state index is 0.143. The number of aromatic nitrogens is 3. The summed E-state index contributed by atoms with van der Waals surface area (Å²) in [6.07, 6.45) is 0. The molecule has 9 heteroatoms. The second-order valence-electron chi connectivity index (χ2n) is 3.01. The summed E-state index contributed by atoms with van der Waals surface area (Å²) in [5, 5.41) is 6.57. The van der Waals surface area contributed by atoms with Crippen molar-refractivity contribution in [2.45, 2.75) is 0 Å². The van der Waals surface area contributed by atoms with Crippen LogP contribution in [0.2, 0.25) is 0 Å². The quantitative estimate of drug-likeness (QED) is 0.377. The van der Waals surface area contributed by atoms with Gasteiger partial charge in [-0.3, -0.25) is 4.84 Å². The number of hydrogen-bond donors (Lipinski definition) is 2. The van der Waals surface area contributed by atoms with E-state index in [9.17, 15) is 0 Å². The van der Waals surface area contributed by atoms with Crippen LogP contribution in [0.3, 0.4) is 0 Å². The SMILES string of the molecule is [CH]N(OC)c1nc(NCOC)nc(NCOC)n1. The average Bonchev–Trinajstić information content (AvgIpc) is 2.41. The number of rotatable bonds is 8. The largest absolute Gasteiger partial charge is 0.364 e. The molecule has 100 valence electrons. The van der Waals surface area contributed by atoms with Crippen LogP contribution in [0, 0.1) is 7.05 Å². The van der Waals surface area contributed by atoms with E-state index in [2.05, 4.69) is 25.6 Å². The molecule has 0 aliphatic heterocycles. The fourth-order valence-corrected chi connectivity index (χ4v) is 0.977. The summed E-state index contributed by atoms with van der Waals surface area (Å²) in [7, 11) is 10.0. The van der Waals surface area contributed by atoms with E-state index in [-0.39, 0.29) is 19.4 Å². The van der Waals surface area contributed by atoms with Crippen LogP contribution in [0.15, 0.2) is 0 Å². The lowest BCUT2D eigenvalue weighted by Crippen LogP contribution is -2.19. The van der Waals surface area contributed by atoms with Crippen molar-refractivity contribution in [3.05, 3.63) is 7.05 Å². The molecule has 0 fully saturated rings. The maximum Gasteiger partial charge on any atom is 0.256 e. The summed E-state index contributed by atoms with van der Waals surface area (Å²) < 4.78 is 9.72. The van der Waals surface area contributed by atoms with Gasteiger partial charge in [0.2, 0.25) is 11.9 Å². The predicted octanol–water partition coefficient (Wildman–Crippen LogP) is -0.0604. The van der Waals surface area contributed by atoms with Gasteiger partial charge >= 0.3 is 0 Å². The first kappa shape index (κ1) is 14.4. The maximum atomic E-state index is 5.53. The monoisotopic (exact) mass is 256 g/mol. The van der Waals surface area contributed by atoms with Gasteiger partial charge in [-0.05, 0) is 0 Å². The van der Waals surface area contributed by atoms with Crippen molar-refractivity contribution in [3.63, 3.8) is 0 Å². The summed E-state index contributed by atoms with van der Waals surface area (Å²) in [6, 6.07) is 0. The van der Waals surface area contributed by atoms with Crippen molar-refractivity contribution in [2.75, 3.05) is 50.5 Å². The standard InChI is InChI=1S/C9H16N6O3/c1-15(18-4)9-13-7(10-5-16-2)12-8(14-9)11-6-17-3/h1H,5-6H2,2-4H3,(H2,10,11,12,13,14). The first-order valence-electron chi connectivity index (χ1n) is 5.02. The molecule has 2 N–H and O–H groups in total. The Hall–Kier alpha value is -1.71. The van der Waals surface area contributed by atoms with E-state index >= 15 is 0 Å². The predicted molar refractivity (Wildman–Crippen MR) is 64.6 cm³/mol. The lowest BCUT2D eigenvalue weighted by Gasteiger charge is -2.15. The zero-order valence-electron chi connectivity index (χ0n) is 10.5. The molecule has 0 spiro atoms. The van der Waals surface area contributed by atoms with Gasteiger partial charge in [0.1, 0.15) is 20.5 Å². The molecule has 0 unspecified atom stereocenters. The Morgan fingerprint density at radius 3 is 1.89 bits per heavy atom. The Bertz CT molecular complexity index is 338. The summed E-state index contributed by atoms with van der Waals surface area (Å²) in [4.78, 5) is 16.9. The number of ether oxygens (including phenoxy) is 2. The van der Waals surface area contributed by atoms with Gasteiger partial charge in [0, 0.05) is 14.2 Å². The number of nitrogens with zero attached hydrogens (tertiary/aromatic N) is 4. The normalized spacial score (nSPS) is 10.2. The third-order valence-corrected chi connectivity index (χ3v) is 1.77. The molecule has 0 amide bonds. The molecule has 0 atom stereocenters. The third-order valence-electron chi connectivity index (χ3n) is 1.77. The first-order valence-corrected chi connectivity index (χ1v) is 5.02.